The quantitative estimate of drug-likeness (QED) is 0.179. The zero-order chi connectivity index (χ0) is 35.2. The topological polar surface area (TPSA) is 151 Å². The summed E-state index contributed by atoms with van der Waals surface area (Å²) in [6.07, 6.45) is 3.71. The Bertz CT molecular complexity index is 2230. The number of para-hydroxylation sites is 1. The molecular formula is C35H32N4O8S2. The van der Waals surface area contributed by atoms with Crippen LogP contribution in [0.2, 0.25) is 0 Å². The minimum atomic E-state index is -0.869. The molecule has 5 aromatic rings. The van der Waals surface area contributed by atoms with Gasteiger partial charge in [-0.25, -0.2) is 14.5 Å². The van der Waals surface area contributed by atoms with E-state index in [-0.39, 0.29) is 29.2 Å². The van der Waals surface area contributed by atoms with Gasteiger partial charge in [-0.3, -0.25) is 19.0 Å². The van der Waals surface area contributed by atoms with Crippen LogP contribution in [0, 0.1) is 0 Å². The van der Waals surface area contributed by atoms with E-state index in [0.29, 0.717) is 20.6 Å². The predicted molar refractivity (Wildman–Crippen MR) is 185 cm³/mol. The number of carbonyl (C=O) groups is 3. The highest BCUT2D eigenvalue weighted by atomic mass is 32.1. The molecule has 1 aliphatic heterocycles. The maximum atomic E-state index is 14.3. The largest absolute Gasteiger partial charge is 0.493 e. The van der Waals surface area contributed by atoms with Gasteiger partial charge in [0.25, 0.3) is 11.5 Å². The number of benzene rings is 2. The molecule has 3 aromatic heterocycles. The number of thiazole rings is 1. The summed E-state index contributed by atoms with van der Waals surface area (Å²) in [7, 11) is 1.45. The zero-order valence-electron chi connectivity index (χ0n) is 27.2. The van der Waals surface area contributed by atoms with Crippen LogP contribution in [0.1, 0.15) is 44.9 Å². The van der Waals surface area contributed by atoms with E-state index in [4.69, 9.17) is 29.2 Å². The molecule has 12 nitrogen and oxygen atoms in total. The number of carbonyl (C=O) groups excluding carboxylic acids is 2. The lowest BCUT2D eigenvalue weighted by Gasteiger charge is -2.25. The van der Waals surface area contributed by atoms with Crippen molar-refractivity contribution in [2.75, 3.05) is 13.7 Å². The average molecular weight is 701 g/mol. The first-order valence-corrected chi connectivity index (χ1v) is 16.7. The number of thiophene rings is 1. The van der Waals surface area contributed by atoms with Crippen LogP contribution < -0.4 is 24.4 Å². The molecule has 4 heterocycles. The molecule has 2 aromatic carbocycles. The lowest BCUT2D eigenvalue weighted by Crippen LogP contribution is -2.40. The number of aromatic nitrogens is 3. The van der Waals surface area contributed by atoms with Gasteiger partial charge >= 0.3 is 11.9 Å². The first kappa shape index (κ1) is 34.7. The van der Waals surface area contributed by atoms with Crippen molar-refractivity contribution in [3.05, 3.63) is 114 Å². The maximum Gasteiger partial charge on any atom is 0.338 e. The Morgan fingerprint density at radius 3 is 2.41 bits per heavy atom. The van der Waals surface area contributed by atoms with Crippen molar-refractivity contribution >= 4 is 46.7 Å². The summed E-state index contributed by atoms with van der Waals surface area (Å²) in [5.41, 5.74) is 3.29. The fourth-order valence-corrected chi connectivity index (χ4v) is 6.92. The Kier molecular flexibility index (Phi) is 10.7. The van der Waals surface area contributed by atoms with Gasteiger partial charge in [-0.15, -0.1) is 11.3 Å². The molecule has 0 spiro atoms. The molecule has 1 N–H and O–H groups in total. The summed E-state index contributed by atoms with van der Waals surface area (Å²) in [6.45, 7) is 5.97. The smallest absolute Gasteiger partial charge is 0.338 e. The van der Waals surface area contributed by atoms with Crippen molar-refractivity contribution < 1.29 is 33.7 Å². The molecule has 14 heteroatoms. The molecule has 1 atom stereocenters. The van der Waals surface area contributed by atoms with Crippen LogP contribution in [0.15, 0.2) is 93.3 Å². The van der Waals surface area contributed by atoms with E-state index in [1.54, 1.807) is 48.1 Å². The molecule has 0 saturated carbocycles. The number of rotatable bonds is 8. The molecule has 0 radical (unpaired) electrons. The number of ether oxygens (including phenoxy) is 3. The van der Waals surface area contributed by atoms with Crippen LogP contribution in [0.5, 0.6) is 11.5 Å². The van der Waals surface area contributed by atoms with E-state index in [1.165, 1.54) is 29.9 Å². The van der Waals surface area contributed by atoms with Crippen LogP contribution in [0.25, 0.3) is 22.3 Å². The van der Waals surface area contributed by atoms with Crippen molar-refractivity contribution in [3.8, 4) is 27.8 Å². The summed E-state index contributed by atoms with van der Waals surface area (Å²) in [6, 6.07) is 17.7. The van der Waals surface area contributed by atoms with Gasteiger partial charge in [0.15, 0.2) is 16.3 Å². The summed E-state index contributed by atoms with van der Waals surface area (Å²) < 4.78 is 19.9. The summed E-state index contributed by atoms with van der Waals surface area (Å²) in [5, 5.41) is 14.3. The molecule has 0 saturated heterocycles. The molecular weight excluding hydrogens is 669 g/mol. The van der Waals surface area contributed by atoms with Crippen molar-refractivity contribution in [3.63, 3.8) is 0 Å². The Morgan fingerprint density at radius 2 is 1.78 bits per heavy atom. The van der Waals surface area contributed by atoms with Gasteiger partial charge in [-0.05, 0) is 61.2 Å². The highest BCUT2D eigenvalue weighted by molar-refractivity contribution is 7.13. The van der Waals surface area contributed by atoms with E-state index in [0.717, 1.165) is 28.7 Å². The lowest BCUT2D eigenvalue weighted by molar-refractivity contribution is -0.139. The Hall–Kier alpha value is -5.60. The molecule has 49 heavy (non-hydrogen) atoms. The van der Waals surface area contributed by atoms with E-state index < -0.39 is 23.9 Å². The normalized spacial score (nSPS) is 13.9. The molecule has 0 fully saturated rings. The lowest BCUT2D eigenvalue weighted by atomic mass is 9.95. The fraction of sp³-hybridized carbons (Fsp3) is 0.200. The molecule has 0 amide bonds. The number of esters is 2. The van der Waals surface area contributed by atoms with Crippen LogP contribution >= 0.6 is 22.7 Å². The molecule has 1 unspecified atom stereocenters. The maximum absolute atomic E-state index is 14.3. The second-order valence-corrected chi connectivity index (χ2v) is 12.5. The summed E-state index contributed by atoms with van der Waals surface area (Å²) >= 11 is 2.79. The van der Waals surface area contributed by atoms with Gasteiger partial charge in [0, 0.05) is 25.6 Å². The molecule has 252 valence electrons. The standard InChI is InChI=1S/C33H28N4O6S2.C2H4O2/c1-5-42-32(40)28-19(2)34-33-37(30(28)21-13-14-24(43-20(3)38)25(16-21)41-4)31(39)27(45-33)17-22-18-36(23-10-7-6-8-11-23)35-29(22)26-12-9-15-44-26;1-2(3)4/h6-18,30H,5H2,1-4H3;1H3,(H,3,4). The van der Waals surface area contributed by atoms with Crippen molar-refractivity contribution in [1.82, 2.24) is 14.3 Å². The third-order valence-corrected chi connectivity index (χ3v) is 8.94. The summed E-state index contributed by atoms with van der Waals surface area (Å²) in [5.74, 6) is -1.42. The number of fused-ring (bicyclic) bond motifs is 1. The number of nitrogens with zero attached hydrogens (tertiary/aromatic N) is 4. The number of hydrogen-bond donors (Lipinski definition) is 1. The highest BCUT2D eigenvalue weighted by Crippen LogP contribution is 2.36. The third kappa shape index (κ3) is 7.60. The van der Waals surface area contributed by atoms with E-state index in [9.17, 15) is 14.4 Å². The number of allylic oxidation sites excluding steroid dienone is 1. The first-order valence-electron chi connectivity index (χ1n) is 15.0. The molecule has 1 aliphatic rings. The molecule has 0 aliphatic carbocycles. The number of carboxylic acid groups (broad SMARTS) is 1. The molecule has 6 rings (SSSR count). The minimum Gasteiger partial charge on any atom is -0.493 e. The van der Waals surface area contributed by atoms with Crippen molar-refractivity contribution in [2.45, 2.75) is 33.7 Å². The number of aliphatic carboxylic acids is 1. The first-order chi connectivity index (χ1) is 23.5. The Labute approximate surface area is 288 Å². The van der Waals surface area contributed by atoms with Crippen LogP contribution in [-0.4, -0.2) is 51.1 Å². The summed E-state index contributed by atoms with van der Waals surface area (Å²) in [4.78, 5) is 54.3. The van der Waals surface area contributed by atoms with Crippen LogP contribution in [-0.2, 0) is 19.1 Å². The van der Waals surface area contributed by atoms with Crippen LogP contribution in [0.3, 0.4) is 0 Å². The van der Waals surface area contributed by atoms with E-state index in [1.807, 2.05) is 60.1 Å². The Balaban J connectivity index is 0.00000111. The average Bonchev–Trinajstić information content (AvgIpc) is 3.81. The minimum absolute atomic E-state index is 0.151. The van der Waals surface area contributed by atoms with Gasteiger partial charge in [0.1, 0.15) is 5.69 Å². The van der Waals surface area contributed by atoms with Gasteiger partial charge in [0.05, 0.1) is 46.1 Å². The number of hydrogen-bond acceptors (Lipinski definition) is 11. The van der Waals surface area contributed by atoms with Crippen molar-refractivity contribution in [2.24, 2.45) is 4.99 Å². The molecule has 0 bridgehead atoms. The zero-order valence-corrected chi connectivity index (χ0v) is 28.8. The predicted octanol–water partition coefficient (Wildman–Crippen LogP) is 4.74. The van der Waals surface area contributed by atoms with Crippen LogP contribution in [0.4, 0.5) is 0 Å². The monoisotopic (exact) mass is 700 g/mol. The van der Waals surface area contributed by atoms with Gasteiger partial charge in [0.2, 0.25) is 0 Å². The number of methoxy groups -OCH3 is 1. The van der Waals surface area contributed by atoms with Crippen molar-refractivity contribution in [1.29, 1.82) is 0 Å². The highest BCUT2D eigenvalue weighted by Gasteiger charge is 2.34. The van der Waals surface area contributed by atoms with Gasteiger partial charge < -0.3 is 19.3 Å². The number of carboxylic acids is 1. The van der Waals surface area contributed by atoms with E-state index in [2.05, 4.69) is 4.99 Å². The Morgan fingerprint density at radius 1 is 1.04 bits per heavy atom. The SMILES string of the molecule is CC(=O)O.CCOC(=O)C1=C(C)N=c2sc(=Cc3cn(-c4ccccc4)nc3-c3cccs3)c(=O)n2C1c1ccc(OC(C)=O)c(OC)c1. The fourth-order valence-electron chi connectivity index (χ4n) is 5.15. The second-order valence-electron chi connectivity index (χ2n) is 10.5. The van der Waals surface area contributed by atoms with Gasteiger partial charge in [-0.2, -0.15) is 5.10 Å². The second kappa shape index (κ2) is 15.1. The van der Waals surface area contributed by atoms with Gasteiger partial charge in [-0.1, -0.05) is 41.7 Å². The third-order valence-electron chi connectivity index (χ3n) is 7.08. The van der Waals surface area contributed by atoms with E-state index >= 15 is 0 Å².